The molecule has 110 valence electrons. The summed E-state index contributed by atoms with van der Waals surface area (Å²) in [5, 5.41) is 0.652. The van der Waals surface area contributed by atoms with Crippen LogP contribution in [0.15, 0.2) is 36.4 Å². The molecule has 4 nitrogen and oxygen atoms in total. The summed E-state index contributed by atoms with van der Waals surface area (Å²) in [6.45, 7) is 2.12. The molecule has 0 radical (unpaired) electrons. The fourth-order valence-electron chi connectivity index (χ4n) is 2.02. The Morgan fingerprint density at radius 2 is 2.05 bits per heavy atom. The van der Waals surface area contributed by atoms with Gasteiger partial charge in [-0.15, -0.1) is 0 Å². The third kappa shape index (κ3) is 3.47. The first-order chi connectivity index (χ1) is 10.0. The monoisotopic (exact) mass is 305 g/mol. The van der Waals surface area contributed by atoms with Gasteiger partial charge in [0, 0.05) is 16.3 Å². The number of hydrogen-bond donors (Lipinski definition) is 1. The second kappa shape index (κ2) is 6.50. The van der Waals surface area contributed by atoms with Crippen LogP contribution in [0.1, 0.15) is 21.5 Å². The van der Waals surface area contributed by atoms with Gasteiger partial charge in [-0.1, -0.05) is 23.7 Å². The largest absolute Gasteiger partial charge is 0.489 e. The van der Waals surface area contributed by atoms with Gasteiger partial charge < -0.3 is 15.2 Å². The van der Waals surface area contributed by atoms with E-state index >= 15 is 0 Å². The third-order valence-corrected chi connectivity index (χ3v) is 3.33. The summed E-state index contributed by atoms with van der Waals surface area (Å²) in [7, 11) is 1.32. The highest BCUT2D eigenvalue weighted by atomic mass is 35.5. The van der Waals surface area contributed by atoms with Gasteiger partial charge in [0.2, 0.25) is 0 Å². The number of halogens is 1. The second-order valence-corrected chi connectivity index (χ2v) is 5.01. The van der Waals surface area contributed by atoms with Crippen LogP contribution < -0.4 is 10.5 Å². The number of rotatable bonds is 4. The van der Waals surface area contributed by atoms with E-state index < -0.39 is 5.97 Å². The Bertz CT molecular complexity index is 671. The number of nitrogens with two attached hydrogens (primary N) is 1. The van der Waals surface area contributed by atoms with E-state index in [2.05, 4.69) is 0 Å². The van der Waals surface area contributed by atoms with E-state index in [1.54, 1.807) is 30.3 Å². The van der Waals surface area contributed by atoms with E-state index in [0.717, 1.165) is 5.56 Å². The quantitative estimate of drug-likeness (QED) is 0.692. The lowest BCUT2D eigenvalue weighted by molar-refractivity contribution is 0.0599. The van der Waals surface area contributed by atoms with Crippen molar-refractivity contribution in [1.29, 1.82) is 0 Å². The van der Waals surface area contributed by atoms with Gasteiger partial charge in [-0.05, 0) is 36.8 Å². The van der Waals surface area contributed by atoms with Gasteiger partial charge in [-0.2, -0.15) is 0 Å². The molecule has 2 aromatic rings. The Labute approximate surface area is 128 Å². The first-order valence-corrected chi connectivity index (χ1v) is 6.75. The number of carbonyl (C=O) groups excluding carboxylic acids is 1. The van der Waals surface area contributed by atoms with Crippen LogP contribution in [0.25, 0.3) is 0 Å². The molecule has 0 aliphatic carbocycles. The number of esters is 1. The minimum absolute atomic E-state index is 0.220. The Balaban J connectivity index is 2.24. The fraction of sp³-hybridized carbons (Fsp3) is 0.188. The van der Waals surface area contributed by atoms with Crippen LogP contribution in [0.3, 0.4) is 0 Å². The molecule has 0 saturated heterocycles. The molecule has 0 aromatic heterocycles. The summed E-state index contributed by atoms with van der Waals surface area (Å²) in [4.78, 5) is 11.8. The van der Waals surface area contributed by atoms with Crippen LogP contribution in [-0.2, 0) is 11.3 Å². The van der Waals surface area contributed by atoms with Crippen LogP contribution >= 0.6 is 11.6 Å². The summed E-state index contributed by atoms with van der Waals surface area (Å²) in [5.41, 5.74) is 8.15. The van der Waals surface area contributed by atoms with E-state index in [1.165, 1.54) is 7.11 Å². The first kappa shape index (κ1) is 15.2. The molecule has 21 heavy (non-hydrogen) atoms. The normalized spacial score (nSPS) is 10.2. The van der Waals surface area contributed by atoms with Crippen molar-refractivity contribution in [2.75, 3.05) is 12.8 Å². The highest BCUT2D eigenvalue weighted by Crippen LogP contribution is 2.24. The van der Waals surface area contributed by atoms with Gasteiger partial charge in [-0.3, -0.25) is 0 Å². The number of aryl methyl sites for hydroxylation is 1. The molecule has 0 aliphatic rings. The van der Waals surface area contributed by atoms with Crippen molar-refractivity contribution in [3.05, 3.63) is 58.1 Å². The number of benzene rings is 2. The number of methoxy groups -OCH3 is 1. The molecule has 2 aromatic carbocycles. The number of carbonyl (C=O) groups is 1. The number of anilines is 1. The zero-order valence-corrected chi connectivity index (χ0v) is 12.6. The molecule has 0 bridgehead atoms. The molecule has 0 unspecified atom stereocenters. The standard InChI is InChI=1S/C16H16ClNO3/c1-10-8-12(17)6-7-14(10)21-9-11-4-3-5-13(18)15(11)16(19)20-2/h3-8H,9,18H2,1-2H3. The summed E-state index contributed by atoms with van der Waals surface area (Å²) in [5.74, 6) is 0.233. The SMILES string of the molecule is COC(=O)c1c(N)cccc1COc1ccc(Cl)cc1C. The topological polar surface area (TPSA) is 61.5 Å². The van der Waals surface area contributed by atoms with Gasteiger partial charge in [-0.25, -0.2) is 4.79 Å². The smallest absolute Gasteiger partial charge is 0.340 e. The Morgan fingerprint density at radius 3 is 2.71 bits per heavy atom. The van der Waals surface area contributed by atoms with E-state index in [0.29, 0.717) is 27.6 Å². The predicted molar refractivity (Wildman–Crippen MR) is 82.7 cm³/mol. The van der Waals surface area contributed by atoms with Crippen molar-refractivity contribution in [3.8, 4) is 5.75 Å². The van der Waals surface area contributed by atoms with Crippen LogP contribution in [0.2, 0.25) is 5.02 Å². The highest BCUT2D eigenvalue weighted by molar-refractivity contribution is 6.30. The van der Waals surface area contributed by atoms with Crippen molar-refractivity contribution in [3.63, 3.8) is 0 Å². The van der Waals surface area contributed by atoms with Crippen LogP contribution in [0.4, 0.5) is 5.69 Å². The molecule has 0 saturated carbocycles. The molecule has 0 spiro atoms. The number of nitrogen functional groups attached to an aromatic ring is 1. The lowest BCUT2D eigenvalue weighted by atomic mass is 10.1. The van der Waals surface area contributed by atoms with E-state index in [4.69, 9.17) is 26.8 Å². The zero-order valence-electron chi connectivity index (χ0n) is 11.9. The van der Waals surface area contributed by atoms with Crippen LogP contribution in [0.5, 0.6) is 5.75 Å². The van der Waals surface area contributed by atoms with Crippen molar-refractivity contribution in [2.45, 2.75) is 13.5 Å². The average Bonchev–Trinajstić information content (AvgIpc) is 2.45. The Kier molecular flexibility index (Phi) is 4.70. The van der Waals surface area contributed by atoms with Gasteiger partial charge in [0.15, 0.2) is 0 Å². The van der Waals surface area contributed by atoms with E-state index in [9.17, 15) is 4.79 Å². The maximum Gasteiger partial charge on any atom is 0.340 e. The van der Waals surface area contributed by atoms with Crippen molar-refractivity contribution in [2.24, 2.45) is 0 Å². The Hall–Kier alpha value is -2.20. The van der Waals surface area contributed by atoms with E-state index in [-0.39, 0.29) is 6.61 Å². The molecular formula is C16H16ClNO3. The molecule has 5 heteroatoms. The van der Waals surface area contributed by atoms with Gasteiger partial charge in [0.25, 0.3) is 0 Å². The second-order valence-electron chi connectivity index (χ2n) is 4.57. The minimum atomic E-state index is -0.473. The third-order valence-electron chi connectivity index (χ3n) is 3.09. The predicted octanol–water partition coefficient (Wildman–Crippen LogP) is 3.60. The molecule has 2 rings (SSSR count). The first-order valence-electron chi connectivity index (χ1n) is 6.37. The van der Waals surface area contributed by atoms with Gasteiger partial charge >= 0.3 is 5.97 Å². The van der Waals surface area contributed by atoms with Gasteiger partial charge in [0.1, 0.15) is 12.4 Å². The number of hydrogen-bond acceptors (Lipinski definition) is 4. The molecule has 0 fully saturated rings. The van der Waals surface area contributed by atoms with Gasteiger partial charge in [0.05, 0.1) is 12.7 Å². The fourth-order valence-corrected chi connectivity index (χ4v) is 2.25. The summed E-state index contributed by atoms with van der Waals surface area (Å²) >= 11 is 5.91. The van der Waals surface area contributed by atoms with Crippen LogP contribution in [0, 0.1) is 6.92 Å². The molecule has 2 N–H and O–H groups in total. The average molecular weight is 306 g/mol. The van der Waals surface area contributed by atoms with E-state index in [1.807, 2.05) is 13.0 Å². The molecular weight excluding hydrogens is 290 g/mol. The maximum atomic E-state index is 11.8. The lowest BCUT2D eigenvalue weighted by Gasteiger charge is -2.13. The lowest BCUT2D eigenvalue weighted by Crippen LogP contribution is -2.11. The van der Waals surface area contributed by atoms with Crippen molar-refractivity contribution >= 4 is 23.3 Å². The summed E-state index contributed by atoms with van der Waals surface area (Å²) < 4.78 is 10.5. The molecule has 0 atom stereocenters. The zero-order chi connectivity index (χ0) is 15.4. The minimum Gasteiger partial charge on any atom is -0.489 e. The van der Waals surface area contributed by atoms with Crippen LogP contribution in [-0.4, -0.2) is 13.1 Å². The highest BCUT2D eigenvalue weighted by Gasteiger charge is 2.16. The van der Waals surface area contributed by atoms with Crippen molar-refractivity contribution < 1.29 is 14.3 Å². The maximum absolute atomic E-state index is 11.8. The summed E-state index contributed by atoms with van der Waals surface area (Å²) in [6, 6.07) is 10.6. The number of ether oxygens (including phenoxy) is 2. The molecule has 0 amide bonds. The molecule has 0 heterocycles. The molecule has 0 aliphatic heterocycles. The Morgan fingerprint density at radius 1 is 1.29 bits per heavy atom. The summed E-state index contributed by atoms with van der Waals surface area (Å²) in [6.07, 6.45) is 0. The van der Waals surface area contributed by atoms with Crippen molar-refractivity contribution in [1.82, 2.24) is 0 Å².